The second-order valence-corrected chi connectivity index (χ2v) is 5.67. The van der Waals surface area contributed by atoms with E-state index < -0.39 is 29.0 Å². The molecule has 0 aliphatic heterocycles. The van der Waals surface area contributed by atoms with Crippen LogP contribution in [-0.2, 0) is 6.54 Å². The number of nitrogens with one attached hydrogen (secondary N) is 1. The van der Waals surface area contributed by atoms with Crippen LogP contribution in [0, 0.1) is 23.3 Å². The third-order valence-corrected chi connectivity index (χ3v) is 2.76. The van der Waals surface area contributed by atoms with Crippen molar-refractivity contribution >= 4 is 0 Å². The molecule has 21 heavy (non-hydrogen) atoms. The van der Waals surface area contributed by atoms with Crippen molar-refractivity contribution in [2.75, 3.05) is 0 Å². The molecule has 1 aromatic carbocycles. The molecular formula is C14H15F4N3. The van der Waals surface area contributed by atoms with Crippen molar-refractivity contribution in [2.24, 2.45) is 0 Å². The average Bonchev–Trinajstić information content (AvgIpc) is 2.82. The van der Waals surface area contributed by atoms with Crippen molar-refractivity contribution < 1.29 is 17.6 Å². The van der Waals surface area contributed by atoms with E-state index in [9.17, 15) is 17.6 Å². The van der Waals surface area contributed by atoms with Crippen LogP contribution in [0.1, 0.15) is 26.5 Å². The maximum atomic E-state index is 13.7. The summed E-state index contributed by atoms with van der Waals surface area (Å²) in [4.78, 5) is 0. The molecule has 1 aromatic heterocycles. The van der Waals surface area contributed by atoms with Gasteiger partial charge in [-0.15, -0.1) is 0 Å². The van der Waals surface area contributed by atoms with Crippen LogP contribution in [0.5, 0.6) is 0 Å². The Bertz CT molecular complexity index is 633. The van der Waals surface area contributed by atoms with E-state index in [0.29, 0.717) is 12.2 Å². The van der Waals surface area contributed by atoms with E-state index in [1.165, 1.54) is 12.3 Å². The lowest BCUT2D eigenvalue weighted by atomic mass is 10.1. The first-order valence-corrected chi connectivity index (χ1v) is 6.32. The standard InChI is InChI=1S/C14H15F4N3/c1-14(2,3)19-7-8-4-5-21(20-8)13-11(17)9(15)6-10(16)12(13)18/h4-6,19H,7H2,1-3H3. The fourth-order valence-corrected chi connectivity index (χ4v) is 1.70. The van der Waals surface area contributed by atoms with Crippen molar-refractivity contribution in [1.29, 1.82) is 0 Å². The Morgan fingerprint density at radius 2 is 1.67 bits per heavy atom. The number of rotatable bonds is 3. The predicted molar refractivity (Wildman–Crippen MR) is 70.0 cm³/mol. The van der Waals surface area contributed by atoms with Crippen LogP contribution in [-0.4, -0.2) is 15.3 Å². The second kappa shape index (κ2) is 5.48. The molecule has 0 aliphatic rings. The molecule has 0 radical (unpaired) electrons. The summed E-state index contributed by atoms with van der Waals surface area (Å²) in [6.07, 6.45) is 1.25. The Morgan fingerprint density at radius 3 is 2.19 bits per heavy atom. The van der Waals surface area contributed by atoms with Crippen LogP contribution in [0.2, 0.25) is 0 Å². The summed E-state index contributed by atoms with van der Waals surface area (Å²) in [5, 5.41) is 7.07. The highest BCUT2D eigenvalue weighted by atomic mass is 19.2. The largest absolute Gasteiger partial charge is 0.306 e. The lowest BCUT2D eigenvalue weighted by molar-refractivity contribution is 0.419. The summed E-state index contributed by atoms with van der Waals surface area (Å²) >= 11 is 0. The van der Waals surface area contributed by atoms with Crippen molar-refractivity contribution in [3.05, 3.63) is 47.3 Å². The summed E-state index contributed by atoms with van der Waals surface area (Å²) in [7, 11) is 0. The maximum absolute atomic E-state index is 13.7. The predicted octanol–water partition coefficient (Wildman–Crippen LogP) is 3.32. The van der Waals surface area contributed by atoms with Gasteiger partial charge in [0.1, 0.15) is 5.69 Å². The van der Waals surface area contributed by atoms with Crippen molar-refractivity contribution in [2.45, 2.75) is 32.9 Å². The van der Waals surface area contributed by atoms with Gasteiger partial charge >= 0.3 is 0 Å². The molecule has 0 aliphatic carbocycles. The number of nitrogens with zero attached hydrogens (tertiary/aromatic N) is 2. The number of aromatic nitrogens is 2. The molecule has 3 nitrogen and oxygen atoms in total. The Labute approximate surface area is 119 Å². The summed E-state index contributed by atoms with van der Waals surface area (Å²) in [6.45, 7) is 6.21. The maximum Gasteiger partial charge on any atom is 0.187 e. The van der Waals surface area contributed by atoms with Gasteiger partial charge in [0.2, 0.25) is 0 Å². The van der Waals surface area contributed by atoms with Gasteiger partial charge in [0.05, 0.1) is 5.69 Å². The van der Waals surface area contributed by atoms with E-state index in [1.54, 1.807) is 0 Å². The summed E-state index contributed by atoms with van der Waals surface area (Å²) in [5.41, 5.74) is -0.534. The van der Waals surface area contributed by atoms with E-state index in [4.69, 9.17) is 0 Å². The Hall–Kier alpha value is -1.89. The molecule has 7 heteroatoms. The van der Waals surface area contributed by atoms with Gasteiger partial charge in [0.25, 0.3) is 0 Å². The summed E-state index contributed by atoms with van der Waals surface area (Å²) < 4.78 is 54.5. The Kier molecular flexibility index (Phi) is 4.04. The quantitative estimate of drug-likeness (QED) is 0.696. The molecule has 0 saturated carbocycles. The minimum atomic E-state index is -1.48. The summed E-state index contributed by atoms with van der Waals surface area (Å²) in [5.74, 6) is -5.89. The van der Waals surface area contributed by atoms with Crippen LogP contribution in [0.3, 0.4) is 0 Å². The minimum Gasteiger partial charge on any atom is -0.306 e. The molecule has 1 N–H and O–H groups in total. The van der Waals surface area contributed by atoms with Crippen LogP contribution in [0.25, 0.3) is 5.69 Å². The van der Waals surface area contributed by atoms with Crippen LogP contribution < -0.4 is 5.32 Å². The zero-order valence-electron chi connectivity index (χ0n) is 11.8. The first-order chi connectivity index (χ1) is 9.69. The highest BCUT2D eigenvalue weighted by Gasteiger charge is 2.21. The zero-order chi connectivity index (χ0) is 15.8. The lowest BCUT2D eigenvalue weighted by Crippen LogP contribution is -2.35. The monoisotopic (exact) mass is 301 g/mol. The van der Waals surface area contributed by atoms with E-state index in [0.717, 1.165) is 4.68 Å². The average molecular weight is 301 g/mol. The van der Waals surface area contributed by atoms with Gasteiger partial charge in [-0.25, -0.2) is 22.2 Å². The third kappa shape index (κ3) is 3.41. The van der Waals surface area contributed by atoms with Gasteiger partial charge in [0, 0.05) is 24.3 Å². The van der Waals surface area contributed by atoms with Gasteiger partial charge in [-0.1, -0.05) is 0 Å². The number of benzene rings is 1. The third-order valence-electron chi connectivity index (χ3n) is 2.76. The molecule has 0 bridgehead atoms. The number of hydrogen-bond acceptors (Lipinski definition) is 2. The first kappa shape index (κ1) is 15.5. The molecular weight excluding hydrogens is 286 g/mol. The number of halogens is 4. The molecule has 0 unspecified atom stereocenters. The van der Waals surface area contributed by atoms with Gasteiger partial charge in [0.15, 0.2) is 23.3 Å². The normalized spacial score (nSPS) is 12.0. The second-order valence-electron chi connectivity index (χ2n) is 5.67. The molecule has 0 spiro atoms. The molecule has 0 amide bonds. The first-order valence-electron chi connectivity index (χ1n) is 6.32. The van der Waals surface area contributed by atoms with E-state index in [2.05, 4.69) is 10.4 Å². The fraction of sp³-hybridized carbons (Fsp3) is 0.357. The van der Waals surface area contributed by atoms with Gasteiger partial charge in [-0.2, -0.15) is 5.10 Å². The van der Waals surface area contributed by atoms with Crippen LogP contribution in [0.4, 0.5) is 17.6 Å². The van der Waals surface area contributed by atoms with Gasteiger partial charge < -0.3 is 5.32 Å². The molecule has 2 rings (SSSR count). The molecule has 114 valence electrons. The van der Waals surface area contributed by atoms with Gasteiger partial charge in [-0.05, 0) is 26.8 Å². The van der Waals surface area contributed by atoms with Crippen molar-refractivity contribution in [3.63, 3.8) is 0 Å². The summed E-state index contributed by atoms with van der Waals surface area (Å²) in [6, 6.07) is 1.68. The molecule has 0 saturated heterocycles. The molecule has 1 heterocycles. The lowest BCUT2D eigenvalue weighted by Gasteiger charge is -2.19. The Balaban J connectivity index is 2.34. The Morgan fingerprint density at radius 1 is 1.10 bits per heavy atom. The van der Waals surface area contributed by atoms with Crippen LogP contribution in [0.15, 0.2) is 18.3 Å². The van der Waals surface area contributed by atoms with Crippen LogP contribution >= 0.6 is 0 Å². The van der Waals surface area contributed by atoms with Crippen molar-refractivity contribution in [3.8, 4) is 5.69 Å². The highest BCUT2D eigenvalue weighted by Crippen LogP contribution is 2.22. The topological polar surface area (TPSA) is 29.9 Å². The fourth-order valence-electron chi connectivity index (χ4n) is 1.70. The number of hydrogen-bond donors (Lipinski definition) is 1. The van der Waals surface area contributed by atoms with E-state index in [-0.39, 0.29) is 11.6 Å². The van der Waals surface area contributed by atoms with Gasteiger partial charge in [-0.3, -0.25) is 0 Å². The van der Waals surface area contributed by atoms with E-state index in [1.807, 2.05) is 20.8 Å². The highest BCUT2D eigenvalue weighted by molar-refractivity contribution is 5.36. The molecule has 0 atom stereocenters. The van der Waals surface area contributed by atoms with Crippen molar-refractivity contribution in [1.82, 2.24) is 15.1 Å². The molecule has 2 aromatic rings. The smallest absolute Gasteiger partial charge is 0.187 e. The molecule has 0 fully saturated rings. The van der Waals surface area contributed by atoms with E-state index >= 15 is 0 Å². The zero-order valence-corrected chi connectivity index (χ0v) is 11.8. The minimum absolute atomic E-state index is 0.161. The SMILES string of the molecule is CC(C)(C)NCc1ccn(-c2c(F)c(F)cc(F)c2F)n1.